The van der Waals surface area contributed by atoms with Crippen molar-refractivity contribution in [2.24, 2.45) is 0 Å². The molecular weight excluding hydrogens is 382 g/mol. The van der Waals surface area contributed by atoms with Crippen LogP contribution in [0.2, 0.25) is 0 Å². The van der Waals surface area contributed by atoms with E-state index in [1.807, 2.05) is 43.3 Å². The molecular formula is C24H29NO5. The molecule has 0 aliphatic carbocycles. The van der Waals surface area contributed by atoms with Crippen molar-refractivity contribution in [2.45, 2.75) is 26.2 Å². The average Bonchev–Trinajstić information content (AvgIpc) is 2.75. The van der Waals surface area contributed by atoms with Crippen LogP contribution in [0.5, 0.6) is 11.5 Å². The first-order valence-corrected chi connectivity index (χ1v) is 9.90. The van der Waals surface area contributed by atoms with Crippen LogP contribution in [0, 0.1) is 6.92 Å². The minimum atomic E-state index is -0.513. The van der Waals surface area contributed by atoms with Crippen LogP contribution in [-0.4, -0.2) is 38.7 Å². The molecule has 2 aromatic carbocycles. The molecule has 1 N–H and O–H groups in total. The van der Waals surface area contributed by atoms with Crippen LogP contribution in [0.4, 0.5) is 0 Å². The lowest BCUT2D eigenvalue weighted by Crippen LogP contribution is -2.29. The molecule has 0 saturated heterocycles. The molecule has 0 aromatic heterocycles. The number of allylic oxidation sites excluding steroid dienone is 1. The van der Waals surface area contributed by atoms with E-state index in [1.165, 1.54) is 5.56 Å². The van der Waals surface area contributed by atoms with Gasteiger partial charge in [0.05, 0.1) is 13.7 Å². The second-order valence-corrected chi connectivity index (χ2v) is 6.82. The predicted octanol–water partition coefficient (Wildman–Crippen LogP) is 3.40. The van der Waals surface area contributed by atoms with Gasteiger partial charge in [-0.3, -0.25) is 4.79 Å². The number of rotatable bonds is 12. The van der Waals surface area contributed by atoms with Gasteiger partial charge in [-0.1, -0.05) is 42.0 Å². The second kappa shape index (κ2) is 12.3. The summed E-state index contributed by atoms with van der Waals surface area (Å²) in [4.78, 5) is 23.7. The minimum absolute atomic E-state index is 0.0766. The van der Waals surface area contributed by atoms with Crippen LogP contribution >= 0.6 is 0 Å². The number of hydrogen-bond acceptors (Lipinski definition) is 5. The van der Waals surface area contributed by atoms with Crippen molar-refractivity contribution in [3.63, 3.8) is 0 Å². The number of carbonyl (C=O) groups excluding carboxylic acids is 2. The molecule has 6 nitrogen and oxygen atoms in total. The Kier molecular flexibility index (Phi) is 9.45. The summed E-state index contributed by atoms with van der Waals surface area (Å²) in [6, 6.07) is 13.6. The predicted molar refractivity (Wildman–Crippen MR) is 116 cm³/mol. The smallest absolute Gasteiger partial charge is 0.344 e. The number of hydrogen-bond donors (Lipinski definition) is 1. The molecule has 0 fully saturated rings. The van der Waals surface area contributed by atoms with Gasteiger partial charge in [0.25, 0.3) is 0 Å². The second-order valence-electron chi connectivity index (χ2n) is 6.82. The highest BCUT2D eigenvalue weighted by molar-refractivity contribution is 5.76. The summed E-state index contributed by atoms with van der Waals surface area (Å²) in [5.74, 6) is 0.419. The maximum atomic E-state index is 11.9. The lowest BCUT2D eigenvalue weighted by atomic mass is 10.1. The van der Waals surface area contributed by atoms with Crippen LogP contribution in [0.1, 0.15) is 23.1 Å². The number of ether oxygens (including phenoxy) is 3. The van der Waals surface area contributed by atoms with Gasteiger partial charge in [0.2, 0.25) is 5.91 Å². The molecule has 0 radical (unpaired) electrons. The third-order valence-electron chi connectivity index (χ3n) is 4.40. The van der Waals surface area contributed by atoms with Crippen LogP contribution in [0.3, 0.4) is 0 Å². The topological polar surface area (TPSA) is 73.9 Å². The number of esters is 1. The van der Waals surface area contributed by atoms with Gasteiger partial charge in [0.1, 0.15) is 6.61 Å². The maximum Gasteiger partial charge on any atom is 0.344 e. The van der Waals surface area contributed by atoms with Gasteiger partial charge in [-0.05, 0) is 43.0 Å². The monoisotopic (exact) mass is 411 g/mol. The Labute approximate surface area is 177 Å². The van der Waals surface area contributed by atoms with Gasteiger partial charge < -0.3 is 19.5 Å². The highest BCUT2D eigenvalue weighted by Gasteiger charge is 2.10. The van der Waals surface area contributed by atoms with E-state index in [0.29, 0.717) is 24.3 Å². The Bertz CT molecular complexity index is 845. The van der Waals surface area contributed by atoms with E-state index in [4.69, 9.17) is 14.2 Å². The van der Waals surface area contributed by atoms with Gasteiger partial charge in [0.15, 0.2) is 18.1 Å². The first-order valence-electron chi connectivity index (χ1n) is 9.90. The van der Waals surface area contributed by atoms with Gasteiger partial charge >= 0.3 is 5.97 Å². The largest absolute Gasteiger partial charge is 0.493 e. The van der Waals surface area contributed by atoms with Crippen molar-refractivity contribution in [1.82, 2.24) is 5.32 Å². The lowest BCUT2D eigenvalue weighted by Gasteiger charge is -2.12. The Morgan fingerprint density at radius 2 is 1.80 bits per heavy atom. The SMILES string of the molecule is C=CCc1ccc(OCC(=O)OCCNC(=O)CCc2ccc(C)cc2)c(OC)c1. The first kappa shape index (κ1) is 23.0. The third kappa shape index (κ3) is 7.99. The number of nitrogens with one attached hydrogen (secondary N) is 1. The standard InChI is InChI=1S/C24H29NO5/c1-4-5-20-10-12-21(22(16-20)28-3)30-17-24(27)29-15-14-25-23(26)13-11-19-8-6-18(2)7-9-19/h4,6-10,12,16H,1,5,11,13-15,17H2,2-3H3,(H,25,26). The molecule has 6 heteroatoms. The lowest BCUT2D eigenvalue weighted by molar-refractivity contribution is -0.146. The fourth-order valence-corrected chi connectivity index (χ4v) is 2.76. The summed E-state index contributed by atoms with van der Waals surface area (Å²) in [5.41, 5.74) is 3.35. The third-order valence-corrected chi connectivity index (χ3v) is 4.40. The fourth-order valence-electron chi connectivity index (χ4n) is 2.76. The highest BCUT2D eigenvalue weighted by atomic mass is 16.6. The van der Waals surface area contributed by atoms with E-state index in [-0.39, 0.29) is 25.7 Å². The van der Waals surface area contributed by atoms with Crippen LogP contribution in [-0.2, 0) is 27.2 Å². The fraction of sp³-hybridized carbons (Fsp3) is 0.333. The normalized spacial score (nSPS) is 10.2. The number of carbonyl (C=O) groups is 2. The molecule has 2 rings (SSSR count). The molecule has 1 amide bonds. The van der Waals surface area contributed by atoms with Crippen molar-refractivity contribution in [3.8, 4) is 11.5 Å². The number of methoxy groups -OCH3 is 1. The molecule has 0 unspecified atom stereocenters. The van der Waals surface area contributed by atoms with Crippen molar-refractivity contribution < 1.29 is 23.8 Å². The summed E-state index contributed by atoms with van der Waals surface area (Å²) in [6.45, 7) is 5.85. The van der Waals surface area contributed by atoms with Gasteiger partial charge in [0, 0.05) is 6.42 Å². The highest BCUT2D eigenvalue weighted by Crippen LogP contribution is 2.28. The van der Waals surface area contributed by atoms with Crippen molar-refractivity contribution in [3.05, 3.63) is 71.8 Å². The van der Waals surface area contributed by atoms with E-state index in [9.17, 15) is 9.59 Å². The molecule has 160 valence electrons. The summed E-state index contributed by atoms with van der Waals surface area (Å²) < 4.78 is 15.9. The zero-order valence-corrected chi connectivity index (χ0v) is 17.6. The Morgan fingerprint density at radius 1 is 1.07 bits per heavy atom. The zero-order chi connectivity index (χ0) is 21.8. The summed E-state index contributed by atoms with van der Waals surface area (Å²) >= 11 is 0. The summed E-state index contributed by atoms with van der Waals surface area (Å²) in [6.07, 6.45) is 3.58. The van der Waals surface area contributed by atoms with Gasteiger partial charge in [-0.15, -0.1) is 6.58 Å². The van der Waals surface area contributed by atoms with E-state index >= 15 is 0 Å². The molecule has 30 heavy (non-hydrogen) atoms. The molecule has 0 heterocycles. The number of benzene rings is 2. The van der Waals surface area contributed by atoms with E-state index in [2.05, 4.69) is 11.9 Å². The number of aryl methyl sites for hydroxylation is 2. The van der Waals surface area contributed by atoms with Crippen LogP contribution in [0.15, 0.2) is 55.1 Å². The number of amides is 1. The quantitative estimate of drug-likeness (QED) is 0.329. The molecule has 0 spiro atoms. The van der Waals surface area contributed by atoms with Crippen molar-refractivity contribution in [1.29, 1.82) is 0 Å². The Balaban J connectivity index is 1.63. The maximum absolute atomic E-state index is 11.9. The summed E-state index contributed by atoms with van der Waals surface area (Å²) in [7, 11) is 1.54. The Morgan fingerprint density at radius 3 is 2.50 bits per heavy atom. The molecule has 0 aliphatic heterocycles. The average molecular weight is 411 g/mol. The van der Waals surface area contributed by atoms with Gasteiger partial charge in [-0.2, -0.15) is 0 Å². The summed E-state index contributed by atoms with van der Waals surface area (Å²) in [5, 5.41) is 2.74. The minimum Gasteiger partial charge on any atom is -0.493 e. The zero-order valence-electron chi connectivity index (χ0n) is 17.6. The molecule has 0 saturated carbocycles. The van der Waals surface area contributed by atoms with Crippen molar-refractivity contribution >= 4 is 11.9 Å². The first-order chi connectivity index (χ1) is 14.5. The van der Waals surface area contributed by atoms with E-state index in [1.54, 1.807) is 19.3 Å². The molecule has 0 atom stereocenters. The van der Waals surface area contributed by atoms with Crippen LogP contribution in [0.25, 0.3) is 0 Å². The van der Waals surface area contributed by atoms with Crippen molar-refractivity contribution in [2.75, 3.05) is 26.9 Å². The molecule has 0 aliphatic rings. The van der Waals surface area contributed by atoms with Gasteiger partial charge in [-0.25, -0.2) is 4.79 Å². The molecule has 0 bridgehead atoms. The van der Waals surface area contributed by atoms with E-state index < -0.39 is 5.97 Å². The Hall–Kier alpha value is -3.28. The van der Waals surface area contributed by atoms with E-state index in [0.717, 1.165) is 17.5 Å². The van der Waals surface area contributed by atoms with Crippen LogP contribution < -0.4 is 14.8 Å². The molecule has 2 aromatic rings.